The van der Waals surface area contributed by atoms with Gasteiger partial charge < -0.3 is 4.18 Å². The van der Waals surface area contributed by atoms with Crippen LogP contribution in [0.5, 0.6) is 5.75 Å². The van der Waals surface area contributed by atoms with Gasteiger partial charge >= 0.3 is 33.4 Å². The van der Waals surface area contributed by atoms with E-state index in [1.54, 1.807) is 60.7 Å². The average molecular weight is 733 g/mol. The minimum atomic E-state index is -7.46. The van der Waals surface area contributed by atoms with Crippen molar-refractivity contribution < 1.29 is 52.1 Å². The number of halogens is 9. The van der Waals surface area contributed by atoms with E-state index in [0.717, 1.165) is 11.6 Å². The van der Waals surface area contributed by atoms with E-state index < -0.39 is 39.1 Å². The Hall–Kier alpha value is -5.44. The summed E-state index contributed by atoms with van der Waals surface area (Å²) in [6.07, 6.45) is -7.23. The molecule has 0 bridgehead atoms. The van der Waals surface area contributed by atoms with Gasteiger partial charge in [-0.05, 0) is 40.6 Å². The molecule has 0 fully saturated rings. The summed E-state index contributed by atoms with van der Waals surface area (Å²) in [4.78, 5) is 9.37. The molecule has 51 heavy (non-hydrogen) atoms. The van der Waals surface area contributed by atoms with Crippen molar-refractivity contribution in [2.75, 3.05) is 0 Å². The first-order valence-electron chi connectivity index (χ1n) is 14.7. The van der Waals surface area contributed by atoms with E-state index in [1.807, 2.05) is 18.2 Å². The first-order valence-corrected chi connectivity index (χ1v) is 16.1. The highest BCUT2D eigenvalue weighted by atomic mass is 32.2. The number of nitrogens with zero attached hydrogens (tertiary/aromatic N) is 2. The molecular weight excluding hydrogens is 711 g/mol. The molecule has 0 spiro atoms. The largest absolute Gasteiger partial charge is 0.460 e. The minimum absolute atomic E-state index is 0.0558. The molecule has 0 unspecified atom stereocenters. The van der Waals surface area contributed by atoms with Crippen molar-refractivity contribution in [1.82, 2.24) is 9.97 Å². The van der Waals surface area contributed by atoms with Gasteiger partial charge in [0.1, 0.15) is 0 Å². The van der Waals surface area contributed by atoms with E-state index in [1.165, 1.54) is 42.5 Å². The molecule has 1 aromatic heterocycles. The van der Waals surface area contributed by atoms with E-state index in [9.17, 15) is 47.9 Å². The Morgan fingerprint density at radius 1 is 0.490 bits per heavy atom. The lowest BCUT2D eigenvalue weighted by molar-refractivity contribution is -0.382. The van der Waals surface area contributed by atoms with Crippen LogP contribution >= 0.6 is 0 Å². The Morgan fingerprint density at radius 2 is 0.980 bits per heavy atom. The molecule has 1 heterocycles. The lowest BCUT2D eigenvalue weighted by atomic mass is 9.97. The number of aromatic nitrogens is 2. The Kier molecular flexibility index (Phi) is 8.82. The van der Waals surface area contributed by atoms with Crippen molar-refractivity contribution in [3.05, 3.63) is 127 Å². The third-order valence-corrected chi connectivity index (χ3v) is 9.06. The van der Waals surface area contributed by atoms with Crippen LogP contribution in [0.3, 0.4) is 0 Å². The van der Waals surface area contributed by atoms with Crippen LogP contribution in [0.1, 0.15) is 0 Å². The molecule has 6 rings (SSSR count). The summed E-state index contributed by atoms with van der Waals surface area (Å²) in [6, 6.07) is 33.6. The summed E-state index contributed by atoms with van der Waals surface area (Å²) in [7, 11) is -7.23. The highest BCUT2D eigenvalue weighted by Gasteiger charge is 2.86. The molecule has 0 aliphatic carbocycles. The third kappa shape index (κ3) is 6.37. The van der Waals surface area contributed by atoms with E-state index in [0.29, 0.717) is 33.7 Å². The Bertz CT molecular complexity index is 2280. The fraction of sp³-hybridized carbons (Fsp3) is 0.111. The molecule has 15 heteroatoms. The topological polar surface area (TPSA) is 69.2 Å². The zero-order valence-corrected chi connectivity index (χ0v) is 26.4. The van der Waals surface area contributed by atoms with Crippen LogP contribution in [-0.2, 0) is 10.1 Å². The van der Waals surface area contributed by atoms with Gasteiger partial charge in [0.25, 0.3) is 0 Å². The summed E-state index contributed by atoms with van der Waals surface area (Å²) < 4.78 is 153. The van der Waals surface area contributed by atoms with Crippen LogP contribution in [0, 0.1) is 0 Å². The number of hydrogen-bond donors (Lipinski definition) is 0. The van der Waals surface area contributed by atoms with Crippen LogP contribution in [0.15, 0.2) is 127 Å². The zero-order chi connectivity index (χ0) is 36.8. The molecule has 0 atom stereocenters. The summed E-state index contributed by atoms with van der Waals surface area (Å²) in [5.41, 5.74) is 2.40. The summed E-state index contributed by atoms with van der Waals surface area (Å²) in [6.45, 7) is 0. The standard InChI is InChI=1S/C36H21F9N2O3S/c37-33(38,35(41,42)43)34(39,40)36(44,45)51(48,49)50-31-20-25-15-8-7-14-24(25)19-28(31)26-16-9-17-27(18-26)30-21-29(22-10-3-1-4-11-22)46-32(47-30)23-12-5-2-6-13-23/h1-21H. The van der Waals surface area contributed by atoms with Crippen molar-refractivity contribution in [3.63, 3.8) is 0 Å². The monoisotopic (exact) mass is 732 g/mol. The van der Waals surface area contributed by atoms with Gasteiger partial charge in [-0.1, -0.05) is 103 Å². The predicted molar refractivity (Wildman–Crippen MR) is 172 cm³/mol. The maximum Gasteiger partial charge on any atom is 0.460 e. The average Bonchev–Trinajstić information content (AvgIpc) is 3.11. The first-order chi connectivity index (χ1) is 23.9. The molecule has 0 N–H and O–H groups in total. The fourth-order valence-corrected chi connectivity index (χ4v) is 6.04. The number of alkyl halides is 9. The molecule has 0 saturated heterocycles. The molecule has 6 aromatic rings. The molecule has 0 amide bonds. The molecule has 0 aliphatic rings. The van der Waals surface area contributed by atoms with Gasteiger partial charge in [0.05, 0.1) is 11.4 Å². The fourth-order valence-electron chi connectivity index (χ4n) is 5.12. The second-order valence-corrected chi connectivity index (χ2v) is 12.8. The van der Waals surface area contributed by atoms with Crippen molar-refractivity contribution in [2.45, 2.75) is 23.3 Å². The predicted octanol–water partition coefficient (Wildman–Crippen LogP) is 10.4. The van der Waals surface area contributed by atoms with Gasteiger partial charge in [-0.15, -0.1) is 0 Å². The van der Waals surface area contributed by atoms with Crippen LogP contribution in [0.25, 0.3) is 55.8 Å². The molecule has 0 saturated carbocycles. The van der Waals surface area contributed by atoms with Crippen LogP contribution < -0.4 is 4.18 Å². The van der Waals surface area contributed by atoms with Crippen LogP contribution in [0.4, 0.5) is 39.5 Å². The quantitative estimate of drug-likeness (QED) is 0.109. The van der Waals surface area contributed by atoms with E-state index >= 15 is 0 Å². The van der Waals surface area contributed by atoms with Crippen molar-refractivity contribution >= 4 is 20.9 Å². The zero-order valence-electron chi connectivity index (χ0n) is 25.6. The normalized spacial score (nSPS) is 13.0. The third-order valence-electron chi connectivity index (χ3n) is 7.77. The Morgan fingerprint density at radius 3 is 1.57 bits per heavy atom. The second kappa shape index (κ2) is 12.7. The van der Waals surface area contributed by atoms with E-state index in [2.05, 4.69) is 14.2 Å². The SMILES string of the molecule is O=S(=O)(Oc1cc2ccccc2cc1-c1cccc(-c2cc(-c3ccccc3)nc(-c3ccccc3)n2)c1)C(F)(F)C(F)(F)C(F)(F)C(F)(F)F. The lowest BCUT2D eigenvalue weighted by Gasteiger charge is -2.32. The smallest absolute Gasteiger partial charge is 0.377 e. The van der Waals surface area contributed by atoms with Gasteiger partial charge in [-0.3, -0.25) is 0 Å². The summed E-state index contributed by atoms with van der Waals surface area (Å²) in [5, 5.41) is -6.54. The maximum atomic E-state index is 14.7. The van der Waals surface area contributed by atoms with Gasteiger partial charge in [0.2, 0.25) is 0 Å². The molecule has 262 valence electrons. The highest BCUT2D eigenvalue weighted by Crippen LogP contribution is 2.55. The molecule has 5 aromatic carbocycles. The lowest BCUT2D eigenvalue weighted by Crippen LogP contribution is -2.63. The molecule has 0 radical (unpaired) electrons. The van der Waals surface area contributed by atoms with E-state index in [-0.39, 0.29) is 16.5 Å². The number of benzene rings is 5. The number of fused-ring (bicyclic) bond motifs is 1. The maximum absolute atomic E-state index is 14.7. The second-order valence-electron chi connectivity index (χ2n) is 11.2. The summed E-state index contributed by atoms with van der Waals surface area (Å²) >= 11 is 0. The van der Waals surface area contributed by atoms with Crippen LogP contribution in [0.2, 0.25) is 0 Å². The van der Waals surface area contributed by atoms with Crippen molar-refractivity contribution in [2.24, 2.45) is 0 Å². The number of rotatable bonds is 9. The highest BCUT2D eigenvalue weighted by molar-refractivity contribution is 7.88. The van der Waals surface area contributed by atoms with Gasteiger partial charge in [-0.25, -0.2) is 9.97 Å². The molecule has 0 aliphatic heterocycles. The summed E-state index contributed by atoms with van der Waals surface area (Å²) in [5.74, 6) is -15.6. The van der Waals surface area contributed by atoms with Gasteiger partial charge in [0, 0.05) is 22.3 Å². The van der Waals surface area contributed by atoms with Crippen LogP contribution in [-0.4, -0.2) is 41.7 Å². The Labute approximate surface area is 284 Å². The van der Waals surface area contributed by atoms with Crippen molar-refractivity contribution in [1.29, 1.82) is 0 Å². The molecule has 5 nitrogen and oxygen atoms in total. The molecular formula is C36H21F9N2O3S. The van der Waals surface area contributed by atoms with Crippen molar-refractivity contribution in [3.8, 4) is 50.8 Å². The first kappa shape index (κ1) is 35.4. The van der Waals surface area contributed by atoms with E-state index in [4.69, 9.17) is 0 Å². The minimum Gasteiger partial charge on any atom is -0.377 e. The Balaban J connectivity index is 1.49. The van der Waals surface area contributed by atoms with Gasteiger partial charge in [0.15, 0.2) is 11.6 Å². The number of hydrogen-bond acceptors (Lipinski definition) is 5. The van der Waals surface area contributed by atoms with Gasteiger partial charge in [-0.2, -0.15) is 47.9 Å².